The van der Waals surface area contributed by atoms with Gasteiger partial charge in [-0.15, -0.1) is 0 Å². The first-order chi connectivity index (χ1) is 12.2. The van der Waals surface area contributed by atoms with E-state index in [1.807, 2.05) is 13.8 Å². The molecule has 0 aliphatic rings. The SMILES string of the molecule is Cc1c(C(=O)NCCCOC(C)C)cnn1-c1cccc(C(F)(F)F)c1. The van der Waals surface area contributed by atoms with Crippen LogP contribution in [0.2, 0.25) is 0 Å². The van der Waals surface area contributed by atoms with Crippen molar-refractivity contribution in [1.82, 2.24) is 15.1 Å². The topological polar surface area (TPSA) is 56.1 Å². The maximum Gasteiger partial charge on any atom is 0.416 e. The molecule has 2 rings (SSSR count). The first-order valence-electron chi connectivity index (χ1n) is 8.32. The molecule has 1 aromatic heterocycles. The molecule has 26 heavy (non-hydrogen) atoms. The number of carbonyl (C=O) groups is 1. The van der Waals surface area contributed by atoms with Gasteiger partial charge in [0.2, 0.25) is 0 Å². The zero-order chi connectivity index (χ0) is 19.3. The number of hydrogen-bond donors (Lipinski definition) is 1. The van der Waals surface area contributed by atoms with E-state index in [1.165, 1.54) is 23.0 Å². The third-order valence-electron chi connectivity index (χ3n) is 3.73. The van der Waals surface area contributed by atoms with E-state index in [4.69, 9.17) is 4.74 Å². The van der Waals surface area contributed by atoms with Crippen molar-refractivity contribution < 1.29 is 22.7 Å². The van der Waals surface area contributed by atoms with Crippen LogP contribution in [0.3, 0.4) is 0 Å². The van der Waals surface area contributed by atoms with Crippen molar-refractivity contribution in [2.24, 2.45) is 0 Å². The van der Waals surface area contributed by atoms with Crippen molar-refractivity contribution in [3.05, 3.63) is 47.3 Å². The van der Waals surface area contributed by atoms with Crippen LogP contribution in [0.25, 0.3) is 5.69 Å². The number of aromatic nitrogens is 2. The van der Waals surface area contributed by atoms with E-state index < -0.39 is 11.7 Å². The summed E-state index contributed by atoms with van der Waals surface area (Å²) in [6, 6.07) is 4.83. The monoisotopic (exact) mass is 369 g/mol. The van der Waals surface area contributed by atoms with Crippen LogP contribution in [-0.4, -0.2) is 34.9 Å². The smallest absolute Gasteiger partial charge is 0.379 e. The van der Waals surface area contributed by atoms with Crippen LogP contribution in [0, 0.1) is 6.92 Å². The molecule has 142 valence electrons. The van der Waals surface area contributed by atoms with E-state index in [0.29, 0.717) is 30.8 Å². The van der Waals surface area contributed by atoms with Gasteiger partial charge in [-0.3, -0.25) is 4.79 Å². The molecule has 0 saturated carbocycles. The van der Waals surface area contributed by atoms with Gasteiger partial charge in [0.25, 0.3) is 5.91 Å². The third-order valence-corrected chi connectivity index (χ3v) is 3.73. The number of ether oxygens (including phenoxy) is 1. The minimum atomic E-state index is -4.44. The summed E-state index contributed by atoms with van der Waals surface area (Å²) in [4.78, 5) is 12.2. The average molecular weight is 369 g/mol. The lowest BCUT2D eigenvalue weighted by Crippen LogP contribution is -2.26. The molecule has 0 bridgehead atoms. The molecular formula is C18H22F3N3O2. The average Bonchev–Trinajstić information content (AvgIpc) is 2.95. The van der Waals surface area contributed by atoms with E-state index in [1.54, 1.807) is 6.92 Å². The molecule has 0 aliphatic heterocycles. The van der Waals surface area contributed by atoms with Crippen molar-refractivity contribution in [2.45, 2.75) is 39.5 Å². The Kier molecular flexibility index (Phi) is 6.42. The van der Waals surface area contributed by atoms with Crippen LogP contribution in [-0.2, 0) is 10.9 Å². The van der Waals surface area contributed by atoms with Gasteiger partial charge in [-0.2, -0.15) is 18.3 Å². The molecule has 0 unspecified atom stereocenters. The fraction of sp³-hybridized carbons (Fsp3) is 0.444. The number of rotatable bonds is 7. The van der Waals surface area contributed by atoms with Crippen molar-refractivity contribution in [1.29, 1.82) is 0 Å². The predicted molar refractivity (Wildman–Crippen MR) is 91.3 cm³/mol. The number of nitrogens with one attached hydrogen (secondary N) is 1. The zero-order valence-electron chi connectivity index (χ0n) is 14.9. The molecule has 5 nitrogen and oxygen atoms in total. The van der Waals surface area contributed by atoms with Gasteiger partial charge in [-0.1, -0.05) is 6.07 Å². The van der Waals surface area contributed by atoms with E-state index in [9.17, 15) is 18.0 Å². The molecule has 0 saturated heterocycles. The van der Waals surface area contributed by atoms with E-state index in [2.05, 4.69) is 10.4 Å². The second kappa shape index (κ2) is 8.35. The standard InChI is InChI=1S/C18H22F3N3O2/c1-12(2)26-9-5-8-22-17(25)16-11-23-24(13(16)3)15-7-4-6-14(10-15)18(19,20)21/h4,6-7,10-12H,5,8-9H2,1-3H3,(H,22,25). The summed E-state index contributed by atoms with van der Waals surface area (Å²) in [5, 5.41) is 6.82. The largest absolute Gasteiger partial charge is 0.416 e. The molecule has 0 atom stereocenters. The Morgan fingerprint density at radius 1 is 1.35 bits per heavy atom. The van der Waals surface area contributed by atoms with Crippen LogP contribution in [0.4, 0.5) is 13.2 Å². The highest BCUT2D eigenvalue weighted by molar-refractivity contribution is 5.95. The van der Waals surface area contributed by atoms with E-state index >= 15 is 0 Å². The fourth-order valence-electron chi connectivity index (χ4n) is 2.40. The van der Waals surface area contributed by atoms with Gasteiger partial charge in [-0.25, -0.2) is 4.68 Å². The summed E-state index contributed by atoms with van der Waals surface area (Å²) >= 11 is 0. The van der Waals surface area contributed by atoms with Crippen LogP contribution in [0.5, 0.6) is 0 Å². The van der Waals surface area contributed by atoms with Crippen molar-refractivity contribution in [3.63, 3.8) is 0 Å². The summed E-state index contributed by atoms with van der Waals surface area (Å²) < 4.78 is 45.3. The lowest BCUT2D eigenvalue weighted by atomic mass is 10.2. The van der Waals surface area contributed by atoms with Crippen molar-refractivity contribution in [3.8, 4) is 5.69 Å². The van der Waals surface area contributed by atoms with Gasteiger partial charge in [0.05, 0.1) is 34.8 Å². The summed E-state index contributed by atoms with van der Waals surface area (Å²) in [7, 11) is 0. The second-order valence-corrected chi connectivity index (χ2v) is 6.13. The number of amides is 1. The molecule has 0 spiro atoms. The quantitative estimate of drug-likeness (QED) is 0.757. The molecular weight excluding hydrogens is 347 g/mol. The minimum absolute atomic E-state index is 0.138. The number of nitrogens with zero attached hydrogens (tertiary/aromatic N) is 2. The highest BCUT2D eigenvalue weighted by Gasteiger charge is 2.30. The summed E-state index contributed by atoms with van der Waals surface area (Å²) in [5.41, 5.74) is 0.287. The maximum atomic E-state index is 12.9. The molecule has 1 amide bonds. The molecule has 1 aromatic carbocycles. The number of halogens is 3. The first kappa shape index (κ1) is 20.0. The molecule has 0 radical (unpaired) electrons. The van der Waals surface area contributed by atoms with Gasteiger partial charge in [0.15, 0.2) is 0 Å². The molecule has 1 heterocycles. The lowest BCUT2D eigenvalue weighted by molar-refractivity contribution is -0.137. The van der Waals surface area contributed by atoms with Gasteiger partial charge < -0.3 is 10.1 Å². The fourth-order valence-corrected chi connectivity index (χ4v) is 2.40. The van der Waals surface area contributed by atoms with Crippen molar-refractivity contribution >= 4 is 5.91 Å². The Bertz CT molecular complexity index is 754. The molecule has 0 aliphatic carbocycles. The van der Waals surface area contributed by atoms with Crippen LogP contribution >= 0.6 is 0 Å². The van der Waals surface area contributed by atoms with Gasteiger partial charge in [0, 0.05) is 13.2 Å². The predicted octanol–water partition coefficient (Wildman–Crippen LogP) is 3.74. The van der Waals surface area contributed by atoms with Crippen LogP contribution < -0.4 is 5.32 Å². The van der Waals surface area contributed by atoms with Crippen LogP contribution in [0.1, 0.15) is 41.9 Å². The summed E-state index contributed by atoms with van der Waals surface area (Å²) in [5.74, 6) is -0.315. The summed E-state index contributed by atoms with van der Waals surface area (Å²) in [6.07, 6.45) is -2.27. The highest BCUT2D eigenvalue weighted by Crippen LogP contribution is 2.30. The highest BCUT2D eigenvalue weighted by atomic mass is 19.4. The Balaban J connectivity index is 2.07. The van der Waals surface area contributed by atoms with Crippen molar-refractivity contribution in [2.75, 3.05) is 13.2 Å². The molecule has 1 N–H and O–H groups in total. The Labute approximate surface area is 150 Å². The molecule has 8 heteroatoms. The number of carbonyl (C=O) groups excluding carboxylic acids is 1. The van der Waals surface area contributed by atoms with Gasteiger partial charge >= 0.3 is 6.18 Å². The number of hydrogen-bond acceptors (Lipinski definition) is 3. The van der Waals surface area contributed by atoms with E-state index in [0.717, 1.165) is 12.1 Å². The Hall–Kier alpha value is -2.35. The molecule has 2 aromatic rings. The third kappa shape index (κ3) is 5.08. The number of alkyl halides is 3. The molecule has 0 fully saturated rings. The Morgan fingerprint density at radius 3 is 2.73 bits per heavy atom. The van der Waals surface area contributed by atoms with E-state index in [-0.39, 0.29) is 17.7 Å². The minimum Gasteiger partial charge on any atom is -0.379 e. The normalized spacial score (nSPS) is 11.8. The van der Waals surface area contributed by atoms with Gasteiger partial charge in [-0.05, 0) is 45.4 Å². The number of benzene rings is 1. The Morgan fingerprint density at radius 2 is 2.08 bits per heavy atom. The lowest BCUT2D eigenvalue weighted by Gasteiger charge is -2.10. The first-order valence-corrected chi connectivity index (χ1v) is 8.32. The second-order valence-electron chi connectivity index (χ2n) is 6.13. The summed E-state index contributed by atoms with van der Waals surface area (Å²) in [6.45, 7) is 6.50. The zero-order valence-corrected chi connectivity index (χ0v) is 14.9. The van der Waals surface area contributed by atoms with Crippen LogP contribution in [0.15, 0.2) is 30.5 Å². The van der Waals surface area contributed by atoms with Gasteiger partial charge in [0.1, 0.15) is 0 Å². The maximum absolute atomic E-state index is 12.9.